The average molecular weight is 488 g/mol. The molecule has 0 bridgehead atoms. The maximum atomic E-state index is 14.1. The van der Waals surface area contributed by atoms with Crippen molar-refractivity contribution in [2.75, 3.05) is 31.1 Å². The van der Waals surface area contributed by atoms with Crippen LogP contribution in [0, 0.1) is 5.82 Å². The van der Waals surface area contributed by atoms with Crippen molar-refractivity contribution in [3.63, 3.8) is 0 Å². The second-order valence-corrected chi connectivity index (χ2v) is 8.17. The van der Waals surface area contributed by atoms with E-state index in [1.165, 1.54) is 18.3 Å². The second-order valence-electron chi connectivity index (χ2n) is 7.33. The third-order valence-corrected chi connectivity index (χ3v) is 5.53. The van der Waals surface area contributed by atoms with E-state index < -0.39 is 11.7 Å². The highest BCUT2D eigenvalue weighted by Crippen LogP contribution is 2.37. The Hall–Kier alpha value is -2.43. The predicted molar refractivity (Wildman–Crippen MR) is 122 cm³/mol. The number of hydrogen-bond donors (Lipinski definition) is 2. The van der Waals surface area contributed by atoms with Crippen LogP contribution in [0.3, 0.4) is 0 Å². The highest BCUT2D eigenvalue weighted by Gasteiger charge is 2.35. The van der Waals surface area contributed by atoms with Crippen molar-refractivity contribution in [3.8, 4) is 0 Å². The number of anilines is 1. The molecule has 11 heteroatoms. The van der Waals surface area contributed by atoms with Gasteiger partial charge in [0, 0.05) is 49.0 Å². The van der Waals surface area contributed by atoms with Gasteiger partial charge < -0.3 is 10.6 Å². The van der Waals surface area contributed by atoms with Crippen LogP contribution in [0.15, 0.2) is 41.5 Å². The monoisotopic (exact) mass is 487 g/mol. The number of nitrogens with two attached hydrogens (primary N) is 1. The Kier molecular flexibility index (Phi) is 7.91. The largest absolute Gasteiger partial charge is 0.418 e. The van der Waals surface area contributed by atoms with Gasteiger partial charge in [-0.1, -0.05) is 23.7 Å². The summed E-state index contributed by atoms with van der Waals surface area (Å²) in [5.74, 6) is -0.389. The molecule has 0 radical (unpaired) electrons. The molecule has 0 aromatic heterocycles. The average Bonchev–Trinajstić information content (AvgIpc) is 2.95. The molecule has 1 saturated heterocycles. The molecule has 1 heterocycles. The summed E-state index contributed by atoms with van der Waals surface area (Å²) < 4.78 is 55.5. The topological polar surface area (TPSA) is 56.9 Å². The van der Waals surface area contributed by atoms with Crippen LogP contribution < -0.4 is 16.1 Å². The molecule has 3 rings (SSSR count). The lowest BCUT2D eigenvalue weighted by Gasteiger charge is -2.27. The van der Waals surface area contributed by atoms with Gasteiger partial charge in [-0.2, -0.15) is 18.3 Å². The molecule has 0 amide bonds. The molecular formula is C21H22ClF4N5S. The molecule has 2 aromatic rings. The fourth-order valence-corrected chi connectivity index (χ4v) is 3.86. The number of nitrogens with zero attached hydrogens (tertiary/aromatic N) is 3. The summed E-state index contributed by atoms with van der Waals surface area (Å²) in [5, 5.41) is 3.97. The number of benzene rings is 2. The Morgan fingerprint density at radius 2 is 1.97 bits per heavy atom. The SMILES string of the molecule is NC(=S)N/N=C/c1ccc(N2CCCN(Cc3c(F)cccc3Cl)CC2)c(C(F)(F)F)c1. The number of rotatable bonds is 5. The molecule has 0 unspecified atom stereocenters. The van der Waals surface area contributed by atoms with Gasteiger partial charge in [0.2, 0.25) is 0 Å². The van der Waals surface area contributed by atoms with Gasteiger partial charge in [-0.25, -0.2) is 4.39 Å². The van der Waals surface area contributed by atoms with Crippen molar-refractivity contribution in [1.82, 2.24) is 10.3 Å². The summed E-state index contributed by atoms with van der Waals surface area (Å²) in [5.41, 5.74) is 7.58. The minimum atomic E-state index is -4.54. The molecule has 2 aromatic carbocycles. The third kappa shape index (κ3) is 6.30. The summed E-state index contributed by atoms with van der Waals surface area (Å²) in [4.78, 5) is 3.71. The van der Waals surface area contributed by atoms with Crippen LogP contribution >= 0.6 is 23.8 Å². The molecule has 0 atom stereocenters. The zero-order valence-corrected chi connectivity index (χ0v) is 18.6. The van der Waals surface area contributed by atoms with Crippen molar-refractivity contribution < 1.29 is 17.6 Å². The van der Waals surface area contributed by atoms with Crippen LogP contribution in [0.2, 0.25) is 5.02 Å². The first kappa shape index (κ1) is 24.2. The van der Waals surface area contributed by atoms with Crippen LogP contribution in [0.4, 0.5) is 23.2 Å². The molecule has 172 valence electrons. The Balaban J connectivity index is 1.77. The van der Waals surface area contributed by atoms with E-state index in [9.17, 15) is 17.6 Å². The molecule has 1 fully saturated rings. The molecule has 3 N–H and O–H groups in total. The number of hydrogen-bond acceptors (Lipinski definition) is 4. The zero-order valence-electron chi connectivity index (χ0n) is 17.0. The number of hydrazone groups is 1. The van der Waals surface area contributed by atoms with Crippen molar-refractivity contribution in [2.45, 2.75) is 19.1 Å². The van der Waals surface area contributed by atoms with E-state index in [-0.39, 0.29) is 22.2 Å². The molecule has 0 aliphatic carbocycles. The summed E-state index contributed by atoms with van der Waals surface area (Å²) in [6, 6.07) is 8.55. The lowest BCUT2D eigenvalue weighted by atomic mass is 10.1. The quantitative estimate of drug-likeness (QED) is 0.284. The Morgan fingerprint density at radius 1 is 1.19 bits per heavy atom. The molecule has 1 aliphatic rings. The second kappa shape index (κ2) is 10.5. The van der Waals surface area contributed by atoms with Crippen LogP contribution in [0.5, 0.6) is 0 Å². The number of alkyl halides is 3. The van der Waals surface area contributed by atoms with Crippen molar-refractivity contribution in [2.24, 2.45) is 10.8 Å². The lowest BCUT2D eigenvalue weighted by Crippen LogP contribution is -2.32. The number of nitrogens with one attached hydrogen (secondary N) is 1. The van der Waals surface area contributed by atoms with Crippen LogP contribution in [0.1, 0.15) is 23.1 Å². The van der Waals surface area contributed by atoms with E-state index in [1.807, 2.05) is 4.90 Å². The van der Waals surface area contributed by atoms with Crippen LogP contribution in [0.25, 0.3) is 0 Å². The van der Waals surface area contributed by atoms with Crippen LogP contribution in [-0.4, -0.2) is 42.4 Å². The first-order valence-corrected chi connectivity index (χ1v) is 10.6. The van der Waals surface area contributed by atoms with Crippen LogP contribution in [-0.2, 0) is 12.7 Å². The summed E-state index contributed by atoms with van der Waals surface area (Å²) >= 11 is 10.7. The molecule has 0 saturated carbocycles. The van der Waals surface area contributed by atoms with Crippen molar-refractivity contribution >= 4 is 40.8 Å². The fourth-order valence-electron chi connectivity index (χ4n) is 3.58. The van der Waals surface area contributed by atoms with E-state index >= 15 is 0 Å². The normalized spacial score (nSPS) is 15.7. The van der Waals surface area contributed by atoms with Gasteiger partial charge in [0.1, 0.15) is 5.82 Å². The molecule has 32 heavy (non-hydrogen) atoms. The lowest BCUT2D eigenvalue weighted by molar-refractivity contribution is -0.137. The van der Waals surface area contributed by atoms with Gasteiger partial charge in [-0.3, -0.25) is 10.3 Å². The predicted octanol–water partition coefficient (Wildman–Crippen LogP) is 4.38. The van der Waals surface area contributed by atoms with E-state index in [1.54, 1.807) is 23.1 Å². The minimum absolute atomic E-state index is 0.0836. The molecule has 5 nitrogen and oxygen atoms in total. The van der Waals surface area contributed by atoms with Gasteiger partial charge in [0.15, 0.2) is 5.11 Å². The third-order valence-electron chi connectivity index (χ3n) is 5.09. The summed E-state index contributed by atoms with van der Waals surface area (Å²) in [6.45, 7) is 2.21. The van der Waals surface area contributed by atoms with Gasteiger partial charge >= 0.3 is 6.18 Å². The Morgan fingerprint density at radius 3 is 2.66 bits per heavy atom. The Bertz CT molecular complexity index is 978. The van der Waals surface area contributed by atoms with Gasteiger partial charge in [0.05, 0.1) is 11.8 Å². The smallest absolute Gasteiger partial charge is 0.375 e. The van der Waals surface area contributed by atoms with E-state index in [0.717, 1.165) is 6.07 Å². The molecule has 1 aliphatic heterocycles. The molecule has 0 spiro atoms. The van der Waals surface area contributed by atoms with Crippen molar-refractivity contribution in [1.29, 1.82) is 0 Å². The highest BCUT2D eigenvalue weighted by molar-refractivity contribution is 7.80. The van der Waals surface area contributed by atoms with Gasteiger partial charge in [-0.05, 0) is 48.5 Å². The summed E-state index contributed by atoms with van der Waals surface area (Å²) in [6.07, 6.45) is -2.69. The number of halogens is 5. The van der Waals surface area contributed by atoms with Gasteiger partial charge in [0.25, 0.3) is 0 Å². The first-order chi connectivity index (χ1) is 15.1. The maximum Gasteiger partial charge on any atom is 0.418 e. The zero-order chi connectivity index (χ0) is 23.3. The number of thiocarbonyl (C=S) groups is 1. The van der Waals surface area contributed by atoms with E-state index in [4.69, 9.17) is 17.3 Å². The fraction of sp³-hybridized carbons (Fsp3) is 0.333. The van der Waals surface area contributed by atoms with E-state index in [0.29, 0.717) is 49.7 Å². The first-order valence-electron chi connectivity index (χ1n) is 9.85. The maximum absolute atomic E-state index is 14.1. The highest BCUT2D eigenvalue weighted by atomic mass is 35.5. The Labute approximate surface area is 193 Å². The van der Waals surface area contributed by atoms with Crippen molar-refractivity contribution in [3.05, 3.63) is 63.9 Å². The minimum Gasteiger partial charge on any atom is -0.375 e. The molecular weight excluding hydrogens is 466 g/mol. The standard InChI is InChI=1S/C21H22ClF4N5S/c22-17-3-1-4-18(23)15(17)13-30-7-2-8-31(10-9-30)19-6-5-14(12-28-29-20(27)32)11-16(19)21(24,25)26/h1,3-6,11-12H,2,7-10,13H2,(H3,27,29,32)/b28-12+. The summed E-state index contributed by atoms with van der Waals surface area (Å²) in [7, 11) is 0. The van der Waals surface area contributed by atoms with Gasteiger partial charge in [-0.15, -0.1) is 0 Å². The van der Waals surface area contributed by atoms with E-state index in [2.05, 4.69) is 22.7 Å².